The monoisotopic (exact) mass is 260 g/mol. The average Bonchev–Trinajstić information content (AvgIpc) is 2.30. The summed E-state index contributed by atoms with van der Waals surface area (Å²) in [5.41, 5.74) is 10.4. The van der Waals surface area contributed by atoms with Gasteiger partial charge in [-0.05, 0) is 6.42 Å². The fraction of sp³-hybridized carbons (Fsp3) is 1.00. The number of hydrogen-bond acceptors (Lipinski definition) is 4. The van der Waals surface area contributed by atoms with Crippen molar-refractivity contribution < 1.29 is 10.2 Å². The molecule has 0 spiro atoms. The summed E-state index contributed by atoms with van der Waals surface area (Å²) < 4.78 is 0. The highest BCUT2D eigenvalue weighted by Gasteiger charge is 2.24. The minimum absolute atomic E-state index is 0.472. The van der Waals surface area contributed by atoms with Crippen molar-refractivity contribution in [2.75, 3.05) is 0 Å². The first-order chi connectivity index (χ1) is 8.48. The maximum Gasteiger partial charge on any atom is 0.193 e. The van der Waals surface area contributed by atoms with E-state index in [4.69, 9.17) is 16.6 Å². The van der Waals surface area contributed by atoms with Crippen LogP contribution in [0, 0.1) is 0 Å². The van der Waals surface area contributed by atoms with E-state index in [2.05, 4.69) is 6.92 Å². The summed E-state index contributed by atoms with van der Waals surface area (Å²) >= 11 is 0. The number of aliphatic hydroxyl groups is 2. The molecule has 0 saturated heterocycles. The van der Waals surface area contributed by atoms with Crippen molar-refractivity contribution in [2.45, 2.75) is 89.5 Å². The Labute approximate surface area is 112 Å². The lowest BCUT2D eigenvalue weighted by Gasteiger charge is -2.23. The predicted molar refractivity (Wildman–Crippen MR) is 75.8 cm³/mol. The lowest BCUT2D eigenvalue weighted by molar-refractivity contribution is -0.0703. The summed E-state index contributed by atoms with van der Waals surface area (Å²) in [7, 11) is 0. The Hall–Kier alpha value is -0.160. The zero-order valence-corrected chi connectivity index (χ0v) is 11.9. The van der Waals surface area contributed by atoms with Crippen LogP contribution in [0.1, 0.15) is 77.6 Å². The first kappa shape index (κ1) is 17.8. The molecular formula is C14H32N2O2. The van der Waals surface area contributed by atoms with Crippen molar-refractivity contribution in [1.29, 1.82) is 0 Å². The van der Waals surface area contributed by atoms with Crippen molar-refractivity contribution in [3.63, 3.8) is 0 Å². The van der Waals surface area contributed by atoms with Gasteiger partial charge >= 0.3 is 0 Å². The fourth-order valence-electron chi connectivity index (χ4n) is 2.06. The van der Waals surface area contributed by atoms with Crippen molar-refractivity contribution in [2.24, 2.45) is 11.5 Å². The number of unbranched alkanes of at least 4 members (excludes halogenated alkanes) is 9. The van der Waals surface area contributed by atoms with E-state index in [-0.39, 0.29) is 0 Å². The highest BCUT2D eigenvalue weighted by Crippen LogP contribution is 2.13. The SMILES string of the molecule is CCCCCCCCCCCCC(O)C(N)(N)O. The third kappa shape index (κ3) is 11.0. The topological polar surface area (TPSA) is 92.5 Å². The number of aliphatic hydroxyl groups excluding tert-OH is 1. The van der Waals surface area contributed by atoms with Crippen LogP contribution < -0.4 is 11.5 Å². The van der Waals surface area contributed by atoms with Gasteiger partial charge < -0.3 is 10.2 Å². The minimum atomic E-state index is -1.95. The summed E-state index contributed by atoms with van der Waals surface area (Å²) in [6, 6.07) is 0. The van der Waals surface area contributed by atoms with Gasteiger partial charge in [0.1, 0.15) is 6.10 Å². The molecule has 110 valence electrons. The Bertz CT molecular complexity index is 181. The van der Waals surface area contributed by atoms with Crippen LogP contribution in [0.25, 0.3) is 0 Å². The Morgan fingerprint density at radius 1 is 0.833 bits per heavy atom. The Kier molecular flexibility index (Phi) is 10.6. The number of rotatable bonds is 12. The molecule has 6 N–H and O–H groups in total. The molecule has 0 bridgehead atoms. The van der Waals surface area contributed by atoms with Crippen LogP contribution in [0.3, 0.4) is 0 Å². The molecule has 0 aliphatic rings. The molecule has 0 saturated carbocycles. The second-order valence-electron chi connectivity index (χ2n) is 5.37. The maximum atomic E-state index is 9.41. The summed E-state index contributed by atoms with van der Waals surface area (Å²) in [6.45, 7) is 2.23. The molecule has 18 heavy (non-hydrogen) atoms. The van der Waals surface area contributed by atoms with Gasteiger partial charge in [0.05, 0.1) is 0 Å². The lowest BCUT2D eigenvalue weighted by atomic mass is 10.0. The highest BCUT2D eigenvalue weighted by atomic mass is 16.4. The molecule has 4 nitrogen and oxygen atoms in total. The predicted octanol–water partition coefficient (Wildman–Crippen LogP) is 2.22. The van der Waals surface area contributed by atoms with Gasteiger partial charge in [0.15, 0.2) is 5.85 Å². The Balaban J connectivity index is 3.17. The smallest absolute Gasteiger partial charge is 0.193 e. The standard InChI is InChI=1S/C14H32N2O2/c1-2-3-4-5-6-7-8-9-10-11-12-13(17)14(15,16)18/h13,17-18H,2-12,15-16H2,1H3. The lowest BCUT2D eigenvalue weighted by Crippen LogP contribution is -2.58. The van der Waals surface area contributed by atoms with Crippen molar-refractivity contribution in [1.82, 2.24) is 0 Å². The zero-order chi connectivity index (χ0) is 13.9. The fourth-order valence-corrected chi connectivity index (χ4v) is 2.06. The van der Waals surface area contributed by atoms with E-state index in [9.17, 15) is 5.11 Å². The number of nitrogens with two attached hydrogens (primary N) is 2. The van der Waals surface area contributed by atoms with E-state index >= 15 is 0 Å². The van der Waals surface area contributed by atoms with Crippen LogP contribution in [0.2, 0.25) is 0 Å². The molecule has 0 aromatic rings. The Morgan fingerprint density at radius 2 is 1.22 bits per heavy atom. The largest absolute Gasteiger partial charge is 0.387 e. The van der Waals surface area contributed by atoms with Crippen LogP contribution in [0.4, 0.5) is 0 Å². The Morgan fingerprint density at radius 3 is 1.61 bits per heavy atom. The molecule has 1 unspecified atom stereocenters. The van der Waals surface area contributed by atoms with Crippen molar-refractivity contribution in [3.05, 3.63) is 0 Å². The average molecular weight is 260 g/mol. The van der Waals surface area contributed by atoms with Gasteiger partial charge in [-0.3, -0.25) is 11.5 Å². The molecular weight excluding hydrogens is 228 g/mol. The van der Waals surface area contributed by atoms with E-state index in [1.807, 2.05) is 0 Å². The van der Waals surface area contributed by atoms with Gasteiger partial charge in [-0.2, -0.15) is 0 Å². The molecule has 1 atom stereocenters. The minimum Gasteiger partial charge on any atom is -0.387 e. The summed E-state index contributed by atoms with van der Waals surface area (Å²) in [4.78, 5) is 0. The molecule has 0 aromatic heterocycles. The van der Waals surface area contributed by atoms with Crippen LogP contribution in [0.5, 0.6) is 0 Å². The summed E-state index contributed by atoms with van der Waals surface area (Å²) in [6.07, 6.45) is 11.9. The quantitative estimate of drug-likeness (QED) is 0.320. The van der Waals surface area contributed by atoms with E-state index < -0.39 is 12.0 Å². The molecule has 0 rings (SSSR count). The van der Waals surface area contributed by atoms with Crippen LogP contribution >= 0.6 is 0 Å². The molecule has 0 aromatic carbocycles. The first-order valence-corrected chi connectivity index (χ1v) is 7.46. The van der Waals surface area contributed by atoms with Crippen LogP contribution in [0.15, 0.2) is 0 Å². The van der Waals surface area contributed by atoms with E-state index in [0.29, 0.717) is 6.42 Å². The summed E-state index contributed by atoms with van der Waals surface area (Å²) in [5, 5.41) is 18.5. The van der Waals surface area contributed by atoms with Gasteiger partial charge in [-0.15, -0.1) is 0 Å². The normalized spacial score (nSPS) is 13.8. The van der Waals surface area contributed by atoms with Crippen LogP contribution in [-0.2, 0) is 0 Å². The molecule has 0 fully saturated rings. The summed E-state index contributed by atoms with van der Waals surface area (Å²) in [5.74, 6) is -1.95. The van der Waals surface area contributed by atoms with Crippen LogP contribution in [-0.4, -0.2) is 22.2 Å². The second-order valence-corrected chi connectivity index (χ2v) is 5.37. The molecule has 0 heterocycles. The van der Waals surface area contributed by atoms with E-state index in [0.717, 1.165) is 12.8 Å². The van der Waals surface area contributed by atoms with Gasteiger partial charge in [0, 0.05) is 0 Å². The van der Waals surface area contributed by atoms with E-state index in [1.54, 1.807) is 0 Å². The zero-order valence-electron chi connectivity index (χ0n) is 11.9. The van der Waals surface area contributed by atoms with Gasteiger partial charge in [-0.25, -0.2) is 0 Å². The molecule has 4 heteroatoms. The van der Waals surface area contributed by atoms with Gasteiger partial charge in [0.2, 0.25) is 0 Å². The van der Waals surface area contributed by atoms with Gasteiger partial charge in [-0.1, -0.05) is 71.1 Å². The van der Waals surface area contributed by atoms with Crippen molar-refractivity contribution in [3.8, 4) is 0 Å². The highest BCUT2D eigenvalue weighted by molar-refractivity contribution is 4.72. The maximum absolute atomic E-state index is 9.41. The molecule has 0 aliphatic carbocycles. The molecule has 0 aliphatic heterocycles. The molecule has 0 radical (unpaired) electrons. The van der Waals surface area contributed by atoms with E-state index in [1.165, 1.54) is 51.4 Å². The first-order valence-electron chi connectivity index (χ1n) is 7.46. The van der Waals surface area contributed by atoms with Crippen molar-refractivity contribution >= 4 is 0 Å². The number of hydrogen-bond donors (Lipinski definition) is 4. The third-order valence-electron chi connectivity index (χ3n) is 3.36. The van der Waals surface area contributed by atoms with Gasteiger partial charge in [0.25, 0.3) is 0 Å². The third-order valence-corrected chi connectivity index (χ3v) is 3.36. The molecule has 0 amide bonds. The second kappa shape index (κ2) is 10.7.